The molecule has 0 saturated heterocycles. The van der Waals surface area contributed by atoms with E-state index >= 15 is 0 Å². The molecule has 1 aromatic heterocycles. The number of hydrogen-bond acceptors (Lipinski definition) is 6. The molecule has 0 saturated carbocycles. The van der Waals surface area contributed by atoms with Gasteiger partial charge in [0, 0.05) is 10.5 Å². The Morgan fingerprint density at radius 3 is 2.56 bits per heavy atom. The molecule has 0 aliphatic heterocycles. The number of nitrogens with zero attached hydrogens (tertiary/aromatic N) is 1. The second-order valence-corrected chi connectivity index (χ2v) is 9.42. The van der Waals surface area contributed by atoms with E-state index in [-0.39, 0.29) is 16.6 Å². The van der Waals surface area contributed by atoms with Gasteiger partial charge >= 0.3 is 0 Å². The van der Waals surface area contributed by atoms with Gasteiger partial charge in [0.2, 0.25) is 0 Å². The quantitative estimate of drug-likeness (QED) is 0.663. The van der Waals surface area contributed by atoms with Gasteiger partial charge in [0.1, 0.15) is 0 Å². The molecule has 8 heteroatoms. The summed E-state index contributed by atoms with van der Waals surface area (Å²) in [5.41, 5.74) is 1.22. The number of sulfone groups is 1. The van der Waals surface area contributed by atoms with Crippen molar-refractivity contribution in [1.29, 1.82) is 0 Å². The number of thiazole rings is 1. The third-order valence-electron chi connectivity index (χ3n) is 3.67. The van der Waals surface area contributed by atoms with Gasteiger partial charge in [0.05, 0.1) is 20.9 Å². The molecule has 0 unspecified atom stereocenters. The van der Waals surface area contributed by atoms with Crippen LogP contribution in [0.3, 0.4) is 0 Å². The van der Waals surface area contributed by atoms with E-state index < -0.39 is 9.84 Å². The number of anilines is 1. The molecule has 0 atom stereocenters. The molecule has 0 bridgehead atoms. The zero-order valence-electron chi connectivity index (χ0n) is 13.6. The minimum absolute atomic E-state index is 0.0300. The molecule has 5 nitrogen and oxygen atoms in total. The maximum absolute atomic E-state index is 12.3. The predicted molar refractivity (Wildman–Crippen MR) is 104 cm³/mol. The lowest BCUT2D eigenvalue weighted by molar-refractivity contribution is 0.102. The molecule has 0 aliphatic rings. The number of aromatic nitrogens is 1. The molecule has 0 radical (unpaired) electrons. The van der Waals surface area contributed by atoms with Crippen LogP contribution in [-0.2, 0) is 9.84 Å². The van der Waals surface area contributed by atoms with Crippen LogP contribution in [0.1, 0.15) is 17.3 Å². The summed E-state index contributed by atoms with van der Waals surface area (Å²) in [6, 6.07) is 11.9. The maximum Gasteiger partial charge on any atom is 0.257 e. The Bertz CT molecular complexity index is 1020. The van der Waals surface area contributed by atoms with Crippen molar-refractivity contribution in [2.45, 2.75) is 16.7 Å². The highest BCUT2D eigenvalue weighted by atomic mass is 32.2. The van der Waals surface area contributed by atoms with Crippen molar-refractivity contribution < 1.29 is 13.2 Å². The normalized spacial score (nSPS) is 11.6. The molecule has 1 N–H and O–H groups in total. The van der Waals surface area contributed by atoms with Crippen LogP contribution in [0.5, 0.6) is 0 Å². The largest absolute Gasteiger partial charge is 0.298 e. The summed E-state index contributed by atoms with van der Waals surface area (Å²) in [6.07, 6.45) is 2.01. The van der Waals surface area contributed by atoms with Crippen LogP contribution in [0.25, 0.3) is 10.2 Å². The van der Waals surface area contributed by atoms with Crippen molar-refractivity contribution in [3.8, 4) is 0 Å². The zero-order valence-corrected chi connectivity index (χ0v) is 16.1. The maximum atomic E-state index is 12.3. The van der Waals surface area contributed by atoms with E-state index in [9.17, 15) is 13.2 Å². The summed E-state index contributed by atoms with van der Waals surface area (Å²) < 4.78 is 24.6. The monoisotopic (exact) mass is 392 g/mol. The lowest BCUT2D eigenvalue weighted by Gasteiger charge is -2.04. The molecule has 3 rings (SSSR count). The number of amides is 1. The van der Waals surface area contributed by atoms with Crippen LogP contribution >= 0.6 is 23.1 Å². The van der Waals surface area contributed by atoms with E-state index in [4.69, 9.17) is 0 Å². The highest BCUT2D eigenvalue weighted by molar-refractivity contribution is 7.98. The second-order valence-electron chi connectivity index (χ2n) is 5.23. The van der Waals surface area contributed by atoms with Gasteiger partial charge in [-0.2, -0.15) is 0 Å². The van der Waals surface area contributed by atoms with Crippen molar-refractivity contribution >= 4 is 54.2 Å². The van der Waals surface area contributed by atoms with E-state index in [1.165, 1.54) is 35.6 Å². The van der Waals surface area contributed by atoms with Crippen molar-refractivity contribution in [2.24, 2.45) is 0 Å². The summed E-state index contributed by atoms with van der Waals surface area (Å²) in [5.74, 6) is -0.285. The fraction of sp³-hybridized carbons (Fsp3) is 0.176. The number of thioether (sulfide) groups is 1. The smallest absolute Gasteiger partial charge is 0.257 e. The van der Waals surface area contributed by atoms with E-state index in [1.54, 1.807) is 18.7 Å². The molecule has 0 fully saturated rings. The average Bonchev–Trinajstić information content (AvgIpc) is 3.02. The Balaban J connectivity index is 1.80. The second kappa shape index (κ2) is 7.15. The molecule has 130 valence electrons. The molecule has 25 heavy (non-hydrogen) atoms. The van der Waals surface area contributed by atoms with Crippen molar-refractivity contribution in [3.05, 3.63) is 48.0 Å². The van der Waals surface area contributed by atoms with Gasteiger partial charge in [-0.3, -0.25) is 10.1 Å². The van der Waals surface area contributed by atoms with E-state index in [1.807, 2.05) is 24.5 Å². The van der Waals surface area contributed by atoms with Crippen molar-refractivity contribution in [3.63, 3.8) is 0 Å². The lowest BCUT2D eigenvalue weighted by Crippen LogP contribution is -2.12. The minimum atomic E-state index is -3.27. The van der Waals surface area contributed by atoms with Crippen LogP contribution in [0, 0.1) is 0 Å². The standard InChI is InChI=1S/C17H16N2O3S3/c1-3-25(21,22)13-7-4-11(5-8-13)16(20)19-17-18-14-9-6-12(23-2)10-15(14)24-17/h4-10H,3H2,1-2H3,(H,18,19,20). The number of nitrogens with one attached hydrogen (secondary N) is 1. The number of hydrogen-bond donors (Lipinski definition) is 1. The Labute approximate surface area is 154 Å². The minimum Gasteiger partial charge on any atom is -0.298 e. The number of carbonyl (C=O) groups is 1. The van der Waals surface area contributed by atoms with Crippen LogP contribution < -0.4 is 5.32 Å². The topological polar surface area (TPSA) is 76.1 Å². The van der Waals surface area contributed by atoms with Gasteiger partial charge in [0.15, 0.2) is 15.0 Å². The SMILES string of the molecule is CCS(=O)(=O)c1ccc(C(=O)Nc2nc3ccc(SC)cc3s2)cc1. The van der Waals surface area contributed by atoms with Crippen molar-refractivity contribution in [2.75, 3.05) is 17.3 Å². The molecular weight excluding hydrogens is 376 g/mol. The lowest BCUT2D eigenvalue weighted by atomic mass is 10.2. The summed E-state index contributed by atoms with van der Waals surface area (Å²) in [7, 11) is -3.27. The van der Waals surface area contributed by atoms with Crippen LogP contribution in [-0.4, -0.2) is 31.3 Å². The molecule has 3 aromatic rings. The van der Waals surface area contributed by atoms with Gasteiger partial charge in [0.25, 0.3) is 5.91 Å². The number of fused-ring (bicyclic) bond motifs is 1. The van der Waals surface area contributed by atoms with Crippen molar-refractivity contribution in [1.82, 2.24) is 4.98 Å². The van der Waals surface area contributed by atoms with Crippen LogP contribution in [0.2, 0.25) is 0 Å². The molecule has 0 spiro atoms. The average molecular weight is 393 g/mol. The molecular formula is C17H16N2O3S3. The van der Waals surface area contributed by atoms with Gasteiger partial charge < -0.3 is 0 Å². The number of carbonyl (C=O) groups excluding carboxylic acids is 1. The first-order valence-electron chi connectivity index (χ1n) is 7.51. The molecule has 1 amide bonds. The number of benzene rings is 2. The first-order chi connectivity index (χ1) is 11.9. The number of rotatable bonds is 5. The van der Waals surface area contributed by atoms with Gasteiger partial charge in [-0.15, -0.1) is 11.8 Å². The fourth-order valence-electron chi connectivity index (χ4n) is 2.23. The molecule has 0 aliphatic carbocycles. The Hall–Kier alpha value is -1.90. The third-order valence-corrected chi connectivity index (χ3v) is 7.08. The summed E-state index contributed by atoms with van der Waals surface area (Å²) in [4.78, 5) is 18.1. The van der Waals surface area contributed by atoms with Gasteiger partial charge in [-0.05, 0) is 48.7 Å². The summed E-state index contributed by atoms with van der Waals surface area (Å²) >= 11 is 3.06. The highest BCUT2D eigenvalue weighted by Gasteiger charge is 2.14. The third kappa shape index (κ3) is 3.86. The van der Waals surface area contributed by atoms with Crippen LogP contribution in [0.4, 0.5) is 5.13 Å². The van der Waals surface area contributed by atoms with E-state index in [2.05, 4.69) is 10.3 Å². The predicted octanol–water partition coefficient (Wildman–Crippen LogP) is 4.06. The van der Waals surface area contributed by atoms with Crippen LogP contribution in [0.15, 0.2) is 52.3 Å². The highest BCUT2D eigenvalue weighted by Crippen LogP contribution is 2.29. The van der Waals surface area contributed by atoms with E-state index in [0.717, 1.165) is 15.1 Å². The first-order valence-corrected chi connectivity index (χ1v) is 11.2. The first kappa shape index (κ1) is 17.9. The summed E-state index contributed by atoms with van der Waals surface area (Å²) in [6.45, 7) is 1.59. The Kier molecular flexibility index (Phi) is 5.12. The van der Waals surface area contributed by atoms with Gasteiger partial charge in [-0.25, -0.2) is 13.4 Å². The Morgan fingerprint density at radius 2 is 1.92 bits per heavy atom. The molecule has 1 heterocycles. The Morgan fingerprint density at radius 1 is 1.20 bits per heavy atom. The zero-order chi connectivity index (χ0) is 18.0. The molecule has 2 aromatic carbocycles. The fourth-order valence-corrected chi connectivity index (χ4v) is 4.53. The summed E-state index contributed by atoms with van der Waals surface area (Å²) in [5, 5.41) is 3.29. The van der Waals surface area contributed by atoms with Gasteiger partial charge in [-0.1, -0.05) is 18.3 Å². The van der Waals surface area contributed by atoms with E-state index in [0.29, 0.717) is 10.7 Å².